The zero-order valence-corrected chi connectivity index (χ0v) is 11.4. The Labute approximate surface area is 112 Å². The van der Waals surface area contributed by atoms with E-state index in [1.165, 1.54) is 0 Å². The average Bonchev–Trinajstić information content (AvgIpc) is 2.66. The van der Waals surface area contributed by atoms with Crippen molar-refractivity contribution < 1.29 is 8.42 Å². The van der Waals surface area contributed by atoms with Gasteiger partial charge in [-0.1, -0.05) is 12.2 Å². The first-order valence-electron chi connectivity index (χ1n) is 5.66. The van der Waals surface area contributed by atoms with Crippen LogP contribution in [-0.2, 0) is 9.84 Å². The highest BCUT2D eigenvalue weighted by atomic mass is 32.2. The Kier molecular flexibility index (Phi) is 3.82. The van der Waals surface area contributed by atoms with E-state index < -0.39 is 9.84 Å². The molecule has 1 atom stereocenters. The van der Waals surface area contributed by atoms with Crippen LogP contribution in [0.3, 0.4) is 0 Å². The number of hydrogen-bond donors (Lipinski definition) is 2. The largest absolute Gasteiger partial charge is 0.389 e. The van der Waals surface area contributed by atoms with Crippen LogP contribution in [0.25, 0.3) is 0 Å². The van der Waals surface area contributed by atoms with E-state index in [0.29, 0.717) is 18.0 Å². The second-order valence-corrected chi connectivity index (χ2v) is 7.10. The molecule has 1 saturated heterocycles. The standard InChI is InChI=1S/C11H15N3O2S2/c12-11(17)9-1-3-13-6-10(9)14-5-8-2-4-18(15,16)7-8/h1,3,6,8,14H,2,4-5,7H2,(H2,12,17). The van der Waals surface area contributed by atoms with Gasteiger partial charge in [0.15, 0.2) is 9.84 Å². The van der Waals surface area contributed by atoms with Gasteiger partial charge in [0.2, 0.25) is 0 Å². The molecule has 1 aliphatic heterocycles. The quantitative estimate of drug-likeness (QED) is 0.786. The number of nitrogens with zero attached hydrogens (tertiary/aromatic N) is 1. The molecule has 0 aliphatic carbocycles. The van der Waals surface area contributed by atoms with Crippen molar-refractivity contribution in [3.63, 3.8) is 0 Å². The third-order valence-corrected chi connectivity index (χ3v) is 5.05. The van der Waals surface area contributed by atoms with Crippen molar-refractivity contribution in [1.82, 2.24) is 4.98 Å². The fraction of sp³-hybridized carbons (Fsp3) is 0.455. The maximum absolute atomic E-state index is 11.3. The summed E-state index contributed by atoms with van der Waals surface area (Å²) in [5.41, 5.74) is 7.10. The summed E-state index contributed by atoms with van der Waals surface area (Å²) in [6.07, 6.45) is 3.98. The van der Waals surface area contributed by atoms with Crippen molar-refractivity contribution in [3.8, 4) is 0 Å². The van der Waals surface area contributed by atoms with Crippen LogP contribution in [0.1, 0.15) is 12.0 Å². The van der Waals surface area contributed by atoms with Crippen LogP contribution in [-0.4, -0.2) is 36.4 Å². The lowest BCUT2D eigenvalue weighted by atomic mass is 10.1. The molecule has 18 heavy (non-hydrogen) atoms. The van der Waals surface area contributed by atoms with Crippen LogP contribution in [0.4, 0.5) is 5.69 Å². The Morgan fingerprint density at radius 1 is 1.61 bits per heavy atom. The predicted octanol–water partition coefficient (Wildman–Crippen LogP) is 0.562. The Hall–Kier alpha value is -1.21. The average molecular weight is 285 g/mol. The molecule has 1 aromatic rings. The first kappa shape index (κ1) is 13.2. The molecule has 0 saturated carbocycles. The molecule has 7 heteroatoms. The molecule has 98 valence electrons. The number of nitrogens with one attached hydrogen (secondary N) is 1. The van der Waals surface area contributed by atoms with E-state index in [1.807, 2.05) is 0 Å². The number of aromatic nitrogens is 1. The fourth-order valence-electron chi connectivity index (χ4n) is 2.04. The van der Waals surface area contributed by atoms with Crippen LogP contribution in [0.2, 0.25) is 0 Å². The van der Waals surface area contributed by atoms with Gasteiger partial charge in [-0.2, -0.15) is 0 Å². The summed E-state index contributed by atoms with van der Waals surface area (Å²) in [5.74, 6) is 0.686. The van der Waals surface area contributed by atoms with Gasteiger partial charge in [0, 0.05) is 18.3 Å². The van der Waals surface area contributed by atoms with Gasteiger partial charge in [-0.05, 0) is 18.4 Å². The highest BCUT2D eigenvalue weighted by Gasteiger charge is 2.27. The van der Waals surface area contributed by atoms with E-state index in [-0.39, 0.29) is 17.4 Å². The second kappa shape index (κ2) is 5.19. The molecule has 0 radical (unpaired) electrons. The van der Waals surface area contributed by atoms with Gasteiger partial charge in [-0.3, -0.25) is 4.98 Å². The Balaban J connectivity index is 2.01. The van der Waals surface area contributed by atoms with Crippen molar-refractivity contribution >= 4 is 32.7 Å². The van der Waals surface area contributed by atoms with Crippen LogP contribution >= 0.6 is 12.2 Å². The Morgan fingerprint density at radius 3 is 3.00 bits per heavy atom. The molecule has 0 amide bonds. The molecule has 0 aromatic carbocycles. The second-order valence-electron chi connectivity index (χ2n) is 4.44. The lowest BCUT2D eigenvalue weighted by molar-refractivity contribution is 0.596. The molecule has 2 rings (SSSR count). The molecule has 5 nitrogen and oxygen atoms in total. The predicted molar refractivity (Wildman–Crippen MR) is 75.4 cm³/mol. The van der Waals surface area contributed by atoms with E-state index in [1.54, 1.807) is 18.5 Å². The van der Waals surface area contributed by atoms with Gasteiger partial charge in [0.1, 0.15) is 4.99 Å². The number of thiocarbonyl (C=S) groups is 1. The summed E-state index contributed by atoms with van der Waals surface area (Å²) in [7, 11) is -2.83. The summed E-state index contributed by atoms with van der Waals surface area (Å²) in [5, 5.41) is 3.18. The van der Waals surface area contributed by atoms with E-state index in [0.717, 1.165) is 11.3 Å². The van der Waals surface area contributed by atoms with Crippen molar-refractivity contribution in [1.29, 1.82) is 0 Å². The minimum Gasteiger partial charge on any atom is -0.389 e. The van der Waals surface area contributed by atoms with Gasteiger partial charge in [-0.15, -0.1) is 0 Å². The number of nitrogens with two attached hydrogens (primary N) is 1. The number of anilines is 1. The lowest BCUT2D eigenvalue weighted by Gasteiger charge is -2.13. The van der Waals surface area contributed by atoms with Crippen LogP contribution in [0.15, 0.2) is 18.5 Å². The molecule has 3 N–H and O–H groups in total. The normalized spacial score (nSPS) is 21.7. The monoisotopic (exact) mass is 285 g/mol. The molecular weight excluding hydrogens is 270 g/mol. The first-order valence-corrected chi connectivity index (χ1v) is 7.89. The van der Waals surface area contributed by atoms with E-state index in [2.05, 4.69) is 10.3 Å². The number of sulfone groups is 1. The number of pyridine rings is 1. The third-order valence-electron chi connectivity index (χ3n) is 2.99. The van der Waals surface area contributed by atoms with Crippen LogP contribution < -0.4 is 11.1 Å². The van der Waals surface area contributed by atoms with E-state index in [9.17, 15) is 8.42 Å². The Bertz CT molecular complexity index is 557. The van der Waals surface area contributed by atoms with Crippen LogP contribution in [0, 0.1) is 5.92 Å². The highest BCUT2D eigenvalue weighted by molar-refractivity contribution is 7.91. The summed E-state index contributed by atoms with van der Waals surface area (Å²) in [6.45, 7) is 0.598. The zero-order valence-electron chi connectivity index (χ0n) is 9.80. The Morgan fingerprint density at radius 2 is 2.39 bits per heavy atom. The smallest absolute Gasteiger partial charge is 0.150 e. The fourth-order valence-corrected chi connectivity index (χ4v) is 4.08. The summed E-state index contributed by atoms with van der Waals surface area (Å²) in [4.78, 5) is 4.31. The molecule has 1 unspecified atom stereocenters. The van der Waals surface area contributed by atoms with Gasteiger partial charge in [-0.25, -0.2) is 8.42 Å². The first-order chi connectivity index (χ1) is 8.48. The van der Waals surface area contributed by atoms with Crippen molar-refractivity contribution in [2.24, 2.45) is 11.7 Å². The van der Waals surface area contributed by atoms with Gasteiger partial charge in [0.05, 0.1) is 23.4 Å². The van der Waals surface area contributed by atoms with Gasteiger partial charge in [0.25, 0.3) is 0 Å². The van der Waals surface area contributed by atoms with Crippen LogP contribution in [0.5, 0.6) is 0 Å². The van der Waals surface area contributed by atoms with Gasteiger partial charge < -0.3 is 11.1 Å². The van der Waals surface area contributed by atoms with Crippen molar-refractivity contribution in [2.45, 2.75) is 6.42 Å². The third kappa shape index (κ3) is 3.17. The molecule has 2 heterocycles. The lowest BCUT2D eigenvalue weighted by Crippen LogP contribution is -2.19. The molecule has 1 aromatic heterocycles. The topological polar surface area (TPSA) is 85.1 Å². The van der Waals surface area contributed by atoms with E-state index in [4.69, 9.17) is 18.0 Å². The number of rotatable bonds is 4. The molecular formula is C11H15N3O2S2. The van der Waals surface area contributed by atoms with E-state index >= 15 is 0 Å². The van der Waals surface area contributed by atoms with Crippen molar-refractivity contribution in [2.75, 3.05) is 23.4 Å². The summed E-state index contributed by atoms with van der Waals surface area (Å²) >= 11 is 4.95. The molecule has 0 bridgehead atoms. The summed E-state index contributed by atoms with van der Waals surface area (Å²) < 4.78 is 22.7. The maximum Gasteiger partial charge on any atom is 0.150 e. The number of hydrogen-bond acceptors (Lipinski definition) is 5. The maximum atomic E-state index is 11.3. The molecule has 1 aliphatic rings. The summed E-state index contributed by atoms with van der Waals surface area (Å²) in [6, 6.07) is 1.75. The SMILES string of the molecule is NC(=S)c1ccncc1NCC1CCS(=O)(=O)C1. The minimum absolute atomic E-state index is 0.148. The molecule has 0 spiro atoms. The zero-order chi connectivity index (χ0) is 13.2. The molecule has 1 fully saturated rings. The van der Waals surface area contributed by atoms with Crippen molar-refractivity contribution in [3.05, 3.63) is 24.0 Å². The highest BCUT2D eigenvalue weighted by Crippen LogP contribution is 2.20. The van der Waals surface area contributed by atoms with Gasteiger partial charge >= 0.3 is 0 Å². The minimum atomic E-state index is -2.83.